The molecule has 1 heterocycles. The van der Waals surface area contributed by atoms with Crippen LogP contribution in [0.25, 0.3) is 0 Å². The topological polar surface area (TPSA) is 34.1 Å². The van der Waals surface area contributed by atoms with Crippen molar-refractivity contribution in [3.8, 4) is 5.88 Å². The lowest BCUT2D eigenvalue weighted by Crippen LogP contribution is -2.10. The molecule has 3 nitrogen and oxygen atoms in total. The van der Waals surface area contributed by atoms with Gasteiger partial charge >= 0.3 is 0 Å². The van der Waals surface area contributed by atoms with Gasteiger partial charge in [-0.2, -0.15) is 0 Å². The number of nitrogens with zero attached hydrogens (tertiary/aromatic N) is 1. The van der Waals surface area contributed by atoms with Crippen LogP contribution in [0.4, 0.5) is 5.69 Å². The van der Waals surface area contributed by atoms with Gasteiger partial charge in [0.1, 0.15) is 0 Å². The average Bonchev–Trinajstić information content (AvgIpc) is 2.41. The molecule has 5 heteroatoms. The Hall–Kier alpha value is -1.45. The van der Waals surface area contributed by atoms with Crippen LogP contribution in [0.1, 0.15) is 19.4 Å². The number of anilines is 1. The van der Waals surface area contributed by atoms with Crippen LogP contribution in [0.5, 0.6) is 5.88 Å². The molecule has 106 valence electrons. The number of ether oxygens (including phenoxy) is 1. The van der Waals surface area contributed by atoms with Crippen LogP contribution in [-0.2, 0) is 6.54 Å². The molecule has 0 radical (unpaired) electrons. The summed E-state index contributed by atoms with van der Waals surface area (Å²) in [6.45, 7) is 4.48. The van der Waals surface area contributed by atoms with Gasteiger partial charge in [0.15, 0.2) is 0 Å². The second-order valence-corrected chi connectivity index (χ2v) is 5.46. The minimum atomic E-state index is 0.0696. The average molecular weight is 311 g/mol. The Bertz CT molecular complexity index is 588. The van der Waals surface area contributed by atoms with E-state index in [0.29, 0.717) is 22.5 Å². The van der Waals surface area contributed by atoms with Crippen molar-refractivity contribution in [2.75, 3.05) is 5.32 Å². The van der Waals surface area contributed by atoms with Crippen molar-refractivity contribution in [2.45, 2.75) is 26.5 Å². The predicted octanol–water partition coefficient (Wildman–Crippen LogP) is 4.79. The standard InChI is InChI=1S/C15H16Cl2N2O/c1-10(2)20-15-14(4-3-7-18-15)19-9-11-8-12(16)5-6-13(11)17/h3-8,10,19H,9H2,1-2H3. The van der Waals surface area contributed by atoms with Crippen LogP contribution in [0, 0.1) is 0 Å². The highest BCUT2D eigenvalue weighted by atomic mass is 35.5. The minimum absolute atomic E-state index is 0.0696. The third-order valence-electron chi connectivity index (χ3n) is 2.60. The number of nitrogens with one attached hydrogen (secondary N) is 1. The van der Waals surface area contributed by atoms with E-state index in [1.165, 1.54) is 0 Å². The van der Waals surface area contributed by atoms with Crippen LogP contribution in [0.15, 0.2) is 36.5 Å². The molecule has 0 aliphatic carbocycles. The van der Waals surface area contributed by atoms with E-state index in [1.54, 1.807) is 18.3 Å². The summed E-state index contributed by atoms with van der Waals surface area (Å²) in [7, 11) is 0. The van der Waals surface area contributed by atoms with Crippen molar-refractivity contribution in [1.82, 2.24) is 4.98 Å². The number of benzene rings is 1. The summed E-state index contributed by atoms with van der Waals surface area (Å²) in [6.07, 6.45) is 1.77. The predicted molar refractivity (Wildman–Crippen MR) is 83.8 cm³/mol. The summed E-state index contributed by atoms with van der Waals surface area (Å²) in [4.78, 5) is 4.23. The van der Waals surface area contributed by atoms with E-state index < -0.39 is 0 Å². The summed E-state index contributed by atoms with van der Waals surface area (Å²) in [5.74, 6) is 0.584. The van der Waals surface area contributed by atoms with Crippen LogP contribution in [0.2, 0.25) is 10.0 Å². The highest BCUT2D eigenvalue weighted by Crippen LogP contribution is 2.25. The number of pyridine rings is 1. The SMILES string of the molecule is CC(C)Oc1ncccc1NCc1cc(Cl)ccc1Cl. The third kappa shape index (κ3) is 4.02. The molecule has 20 heavy (non-hydrogen) atoms. The molecule has 1 N–H and O–H groups in total. The first-order chi connectivity index (χ1) is 9.56. The fourth-order valence-corrected chi connectivity index (χ4v) is 2.09. The van der Waals surface area contributed by atoms with Crippen molar-refractivity contribution >= 4 is 28.9 Å². The molecule has 0 aliphatic heterocycles. The van der Waals surface area contributed by atoms with Gasteiger partial charge in [0.25, 0.3) is 0 Å². The van der Waals surface area contributed by atoms with E-state index in [0.717, 1.165) is 11.3 Å². The van der Waals surface area contributed by atoms with Gasteiger partial charge in [-0.15, -0.1) is 0 Å². The van der Waals surface area contributed by atoms with Crippen LogP contribution < -0.4 is 10.1 Å². The fourth-order valence-electron chi connectivity index (χ4n) is 1.71. The first-order valence-corrected chi connectivity index (χ1v) is 7.11. The summed E-state index contributed by atoms with van der Waals surface area (Å²) < 4.78 is 5.66. The second kappa shape index (κ2) is 6.82. The number of rotatable bonds is 5. The number of aromatic nitrogens is 1. The van der Waals surface area contributed by atoms with E-state index in [2.05, 4.69) is 10.3 Å². The zero-order valence-corrected chi connectivity index (χ0v) is 12.9. The Labute approximate surface area is 128 Å². The lowest BCUT2D eigenvalue weighted by atomic mass is 10.2. The van der Waals surface area contributed by atoms with E-state index >= 15 is 0 Å². The van der Waals surface area contributed by atoms with Crippen molar-refractivity contribution in [3.63, 3.8) is 0 Å². The molecule has 0 spiro atoms. The Balaban J connectivity index is 2.12. The molecular weight excluding hydrogens is 295 g/mol. The van der Waals surface area contributed by atoms with Crippen molar-refractivity contribution in [1.29, 1.82) is 0 Å². The molecule has 1 aromatic heterocycles. The number of hydrogen-bond acceptors (Lipinski definition) is 3. The summed E-state index contributed by atoms with van der Waals surface area (Å²) >= 11 is 12.1. The Morgan fingerprint density at radius 3 is 2.80 bits per heavy atom. The largest absolute Gasteiger partial charge is 0.473 e. The first-order valence-electron chi connectivity index (χ1n) is 6.35. The van der Waals surface area contributed by atoms with E-state index in [-0.39, 0.29) is 6.10 Å². The summed E-state index contributed by atoms with van der Waals surface area (Å²) in [5, 5.41) is 4.61. The van der Waals surface area contributed by atoms with Gasteiger partial charge in [-0.05, 0) is 49.7 Å². The molecule has 1 aromatic carbocycles. The first kappa shape index (κ1) is 14.9. The maximum atomic E-state index is 6.14. The van der Waals surface area contributed by atoms with Gasteiger partial charge < -0.3 is 10.1 Å². The maximum Gasteiger partial charge on any atom is 0.237 e. The van der Waals surface area contributed by atoms with Crippen molar-refractivity contribution in [3.05, 3.63) is 52.1 Å². The van der Waals surface area contributed by atoms with E-state index in [9.17, 15) is 0 Å². The van der Waals surface area contributed by atoms with Gasteiger partial charge in [-0.3, -0.25) is 0 Å². The van der Waals surface area contributed by atoms with Gasteiger partial charge in [0, 0.05) is 22.8 Å². The van der Waals surface area contributed by atoms with Gasteiger partial charge in [-0.25, -0.2) is 4.98 Å². The molecule has 0 amide bonds. The normalized spacial score (nSPS) is 10.7. The molecule has 0 atom stereocenters. The summed E-state index contributed by atoms with van der Waals surface area (Å²) in [5.41, 5.74) is 1.76. The minimum Gasteiger partial charge on any atom is -0.473 e. The zero-order valence-electron chi connectivity index (χ0n) is 11.4. The molecule has 0 saturated carbocycles. The van der Waals surface area contributed by atoms with Crippen LogP contribution >= 0.6 is 23.2 Å². The lowest BCUT2D eigenvalue weighted by Gasteiger charge is -2.14. The number of hydrogen-bond donors (Lipinski definition) is 1. The highest BCUT2D eigenvalue weighted by Gasteiger charge is 2.07. The van der Waals surface area contributed by atoms with Gasteiger partial charge in [0.05, 0.1) is 11.8 Å². The third-order valence-corrected chi connectivity index (χ3v) is 3.20. The van der Waals surface area contributed by atoms with Crippen LogP contribution in [-0.4, -0.2) is 11.1 Å². The monoisotopic (exact) mass is 310 g/mol. The Morgan fingerprint density at radius 2 is 2.05 bits per heavy atom. The number of halogens is 2. The van der Waals surface area contributed by atoms with E-state index in [1.807, 2.05) is 32.0 Å². The van der Waals surface area contributed by atoms with Gasteiger partial charge in [-0.1, -0.05) is 23.2 Å². The molecule has 0 unspecified atom stereocenters. The van der Waals surface area contributed by atoms with Crippen molar-refractivity contribution < 1.29 is 4.74 Å². The smallest absolute Gasteiger partial charge is 0.237 e. The van der Waals surface area contributed by atoms with Crippen molar-refractivity contribution in [2.24, 2.45) is 0 Å². The molecule has 0 fully saturated rings. The lowest BCUT2D eigenvalue weighted by molar-refractivity contribution is 0.234. The van der Waals surface area contributed by atoms with Gasteiger partial charge in [0.2, 0.25) is 5.88 Å². The molecule has 2 rings (SSSR count). The molecule has 0 bridgehead atoms. The summed E-state index contributed by atoms with van der Waals surface area (Å²) in [6, 6.07) is 9.18. The molecule has 2 aromatic rings. The van der Waals surface area contributed by atoms with Crippen LogP contribution in [0.3, 0.4) is 0 Å². The highest BCUT2D eigenvalue weighted by molar-refractivity contribution is 6.33. The second-order valence-electron chi connectivity index (χ2n) is 4.61. The maximum absolute atomic E-state index is 6.14. The Morgan fingerprint density at radius 1 is 1.25 bits per heavy atom. The quantitative estimate of drug-likeness (QED) is 0.862. The molecule has 0 aliphatic rings. The Kier molecular flexibility index (Phi) is 5.10. The molecular formula is C15H16Cl2N2O. The zero-order chi connectivity index (χ0) is 14.5. The molecule has 0 saturated heterocycles. The fraction of sp³-hybridized carbons (Fsp3) is 0.267. The van der Waals surface area contributed by atoms with E-state index in [4.69, 9.17) is 27.9 Å².